The fourth-order valence-electron chi connectivity index (χ4n) is 7.26. The van der Waals surface area contributed by atoms with E-state index in [2.05, 4.69) is 72.2 Å². The number of rotatable bonds is 7. The van der Waals surface area contributed by atoms with Crippen molar-refractivity contribution in [2.75, 3.05) is 0 Å². The van der Waals surface area contributed by atoms with Gasteiger partial charge in [-0.25, -0.2) is 29.9 Å². The zero-order valence-electron chi connectivity index (χ0n) is 30.5. The second kappa shape index (κ2) is 14.0. The van der Waals surface area contributed by atoms with Crippen molar-refractivity contribution in [1.82, 2.24) is 34.5 Å². The molecule has 10 aromatic rings. The Morgan fingerprint density at radius 2 is 0.732 bits per heavy atom. The summed E-state index contributed by atoms with van der Waals surface area (Å²) in [6.45, 7) is 2.13. The Morgan fingerprint density at radius 1 is 0.321 bits per heavy atom. The van der Waals surface area contributed by atoms with Crippen LogP contribution in [0.5, 0.6) is 0 Å². The summed E-state index contributed by atoms with van der Waals surface area (Å²) in [6, 6.07) is 61.7. The Kier molecular flexibility index (Phi) is 8.22. The van der Waals surface area contributed by atoms with Gasteiger partial charge in [0.25, 0.3) is 0 Å². The monoisotopic (exact) mass is 719 g/mol. The van der Waals surface area contributed by atoms with Gasteiger partial charge in [0, 0.05) is 44.2 Å². The molecule has 7 aromatic carbocycles. The predicted octanol–water partition coefficient (Wildman–Crippen LogP) is 11.5. The number of aryl methyl sites for hydroxylation is 1. The zero-order chi connectivity index (χ0) is 37.4. The molecule has 3 aromatic heterocycles. The maximum Gasteiger partial charge on any atom is 0.166 e. The van der Waals surface area contributed by atoms with Crippen LogP contribution in [0.4, 0.5) is 0 Å². The molecule has 10 rings (SSSR count). The van der Waals surface area contributed by atoms with Crippen molar-refractivity contribution in [2.45, 2.75) is 6.92 Å². The van der Waals surface area contributed by atoms with Crippen LogP contribution in [-0.4, -0.2) is 34.5 Å². The molecule has 0 unspecified atom stereocenters. The van der Waals surface area contributed by atoms with Crippen molar-refractivity contribution in [3.8, 4) is 74.0 Å². The summed E-state index contributed by atoms with van der Waals surface area (Å²) in [5.41, 5.74) is 9.50. The van der Waals surface area contributed by atoms with Crippen LogP contribution in [0.3, 0.4) is 0 Å². The van der Waals surface area contributed by atoms with Gasteiger partial charge in [-0.15, -0.1) is 0 Å². The minimum Gasteiger partial charge on any atom is -0.308 e. The lowest BCUT2D eigenvalue weighted by atomic mass is 10.1. The van der Waals surface area contributed by atoms with Crippen molar-refractivity contribution < 1.29 is 0 Å². The van der Waals surface area contributed by atoms with E-state index in [4.69, 9.17) is 29.9 Å². The predicted molar refractivity (Wildman–Crippen MR) is 225 cm³/mol. The van der Waals surface area contributed by atoms with Crippen LogP contribution in [0.1, 0.15) is 5.56 Å². The summed E-state index contributed by atoms with van der Waals surface area (Å²) in [5.74, 6) is 3.44. The lowest BCUT2D eigenvalue weighted by molar-refractivity contribution is 1.06. The van der Waals surface area contributed by atoms with Crippen molar-refractivity contribution in [3.63, 3.8) is 0 Å². The van der Waals surface area contributed by atoms with Gasteiger partial charge in [-0.1, -0.05) is 152 Å². The second-order valence-corrected chi connectivity index (χ2v) is 13.7. The lowest BCUT2D eigenvalue weighted by Crippen LogP contribution is -2.05. The first-order chi connectivity index (χ1) is 27.7. The number of fused-ring (bicyclic) bond motifs is 3. The smallest absolute Gasteiger partial charge is 0.166 e. The van der Waals surface area contributed by atoms with E-state index in [1.807, 2.05) is 121 Å². The number of hydrogen-bond acceptors (Lipinski definition) is 6. The molecule has 0 aliphatic heterocycles. The van der Waals surface area contributed by atoms with Crippen molar-refractivity contribution >= 4 is 21.8 Å². The molecular weight excluding hydrogens is 687 g/mol. The first kappa shape index (κ1) is 33.0. The molecule has 0 spiro atoms. The van der Waals surface area contributed by atoms with Crippen LogP contribution < -0.4 is 0 Å². The standard InChI is InChI=1S/C49H33N7/c1-32-26-28-39-38-24-14-15-25-41(38)56(43(39)30-32)42-29-27-37(48-52-44(33-16-6-2-7-17-33)50-45(53-48)34-18-8-3-9-19-34)31-40(42)49-54-46(35-20-10-4-11-21-35)51-47(55-49)36-22-12-5-13-23-36/h2-31H,1H3. The van der Waals surface area contributed by atoms with Crippen LogP contribution in [0.25, 0.3) is 95.8 Å². The van der Waals surface area contributed by atoms with E-state index in [-0.39, 0.29) is 0 Å². The molecule has 0 N–H and O–H groups in total. The Hall–Kier alpha value is -7.64. The quantitative estimate of drug-likeness (QED) is 0.163. The first-order valence-corrected chi connectivity index (χ1v) is 18.6. The summed E-state index contributed by atoms with van der Waals surface area (Å²) in [6.07, 6.45) is 0. The number of aromatic nitrogens is 7. The van der Waals surface area contributed by atoms with Crippen LogP contribution in [0.2, 0.25) is 0 Å². The average Bonchev–Trinajstić information content (AvgIpc) is 3.60. The highest BCUT2D eigenvalue weighted by Crippen LogP contribution is 2.38. The van der Waals surface area contributed by atoms with Gasteiger partial charge in [-0.2, -0.15) is 0 Å². The highest BCUT2D eigenvalue weighted by atomic mass is 15.1. The summed E-state index contributed by atoms with van der Waals surface area (Å²) in [4.78, 5) is 30.6. The van der Waals surface area contributed by atoms with E-state index in [1.165, 1.54) is 16.3 Å². The third kappa shape index (κ3) is 6.07. The number of hydrogen-bond donors (Lipinski definition) is 0. The minimum absolute atomic E-state index is 0.536. The first-order valence-electron chi connectivity index (χ1n) is 18.6. The normalized spacial score (nSPS) is 11.3. The summed E-state index contributed by atoms with van der Waals surface area (Å²) >= 11 is 0. The molecule has 7 heteroatoms. The van der Waals surface area contributed by atoms with E-state index in [0.717, 1.165) is 50.1 Å². The maximum atomic E-state index is 5.22. The van der Waals surface area contributed by atoms with Gasteiger partial charge < -0.3 is 4.57 Å². The SMILES string of the molecule is Cc1ccc2c3ccccc3n(-c3ccc(-c4nc(-c5ccccc5)nc(-c5ccccc5)n4)cc3-c3nc(-c4ccccc4)nc(-c4ccccc4)n3)c2c1. The van der Waals surface area contributed by atoms with Crippen molar-refractivity contribution in [2.24, 2.45) is 0 Å². The third-order valence-electron chi connectivity index (χ3n) is 9.96. The molecule has 56 heavy (non-hydrogen) atoms. The van der Waals surface area contributed by atoms with Crippen LogP contribution in [0.15, 0.2) is 182 Å². The summed E-state index contributed by atoms with van der Waals surface area (Å²) in [5, 5.41) is 2.34. The van der Waals surface area contributed by atoms with E-state index in [0.29, 0.717) is 34.9 Å². The van der Waals surface area contributed by atoms with Gasteiger partial charge in [-0.3, -0.25) is 0 Å². The molecule has 0 aliphatic rings. The molecule has 0 aliphatic carbocycles. The minimum atomic E-state index is 0.536. The molecule has 0 saturated carbocycles. The molecule has 7 nitrogen and oxygen atoms in total. The molecular formula is C49H33N7. The second-order valence-electron chi connectivity index (χ2n) is 13.7. The van der Waals surface area contributed by atoms with E-state index in [9.17, 15) is 0 Å². The molecule has 0 saturated heterocycles. The van der Waals surface area contributed by atoms with Gasteiger partial charge in [0.2, 0.25) is 0 Å². The highest BCUT2D eigenvalue weighted by Gasteiger charge is 2.22. The molecule has 3 heterocycles. The van der Waals surface area contributed by atoms with Crippen LogP contribution in [0, 0.1) is 6.92 Å². The number of nitrogens with zero attached hydrogens (tertiary/aromatic N) is 7. The van der Waals surface area contributed by atoms with Crippen LogP contribution >= 0.6 is 0 Å². The lowest BCUT2D eigenvalue weighted by Gasteiger charge is -2.16. The zero-order valence-corrected chi connectivity index (χ0v) is 30.5. The van der Waals surface area contributed by atoms with E-state index < -0.39 is 0 Å². The van der Waals surface area contributed by atoms with Gasteiger partial charge in [0.1, 0.15) is 0 Å². The van der Waals surface area contributed by atoms with E-state index in [1.54, 1.807) is 0 Å². The van der Waals surface area contributed by atoms with Gasteiger partial charge in [-0.05, 0) is 42.8 Å². The molecule has 0 atom stereocenters. The topological polar surface area (TPSA) is 82.3 Å². The van der Waals surface area contributed by atoms with Crippen molar-refractivity contribution in [3.05, 3.63) is 188 Å². The summed E-state index contributed by atoms with van der Waals surface area (Å²) < 4.78 is 2.32. The largest absolute Gasteiger partial charge is 0.308 e. The summed E-state index contributed by atoms with van der Waals surface area (Å²) in [7, 11) is 0. The third-order valence-corrected chi connectivity index (χ3v) is 9.96. The maximum absolute atomic E-state index is 5.22. The average molecular weight is 720 g/mol. The molecule has 0 amide bonds. The Labute approximate surface area is 323 Å². The fourth-order valence-corrected chi connectivity index (χ4v) is 7.26. The van der Waals surface area contributed by atoms with Crippen LogP contribution in [-0.2, 0) is 0 Å². The van der Waals surface area contributed by atoms with Gasteiger partial charge in [0.15, 0.2) is 34.9 Å². The molecule has 0 radical (unpaired) electrons. The van der Waals surface area contributed by atoms with Crippen molar-refractivity contribution in [1.29, 1.82) is 0 Å². The number of para-hydroxylation sites is 1. The van der Waals surface area contributed by atoms with E-state index >= 15 is 0 Å². The molecule has 0 fully saturated rings. The Bertz CT molecular complexity index is 2900. The fraction of sp³-hybridized carbons (Fsp3) is 0.0204. The Morgan fingerprint density at radius 3 is 1.23 bits per heavy atom. The Balaban J connectivity index is 1.28. The highest BCUT2D eigenvalue weighted by molar-refractivity contribution is 6.10. The van der Waals surface area contributed by atoms with Gasteiger partial charge in [0.05, 0.1) is 16.7 Å². The molecule has 264 valence electrons. The molecule has 0 bridgehead atoms. The van der Waals surface area contributed by atoms with Gasteiger partial charge >= 0.3 is 0 Å². The number of benzene rings is 7.